The molecule has 0 aliphatic rings. The molecule has 6 heteroatoms. The Kier molecular flexibility index (Phi) is 3.67. The van der Waals surface area contributed by atoms with Crippen LogP contribution in [0.1, 0.15) is 17.7 Å². The van der Waals surface area contributed by atoms with E-state index in [-0.39, 0.29) is 5.25 Å². The maximum Gasteiger partial charge on any atom is 0.127 e. The van der Waals surface area contributed by atoms with Crippen LogP contribution in [0.4, 0.5) is 8.78 Å². The van der Waals surface area contributed by atoms with E-state index in [9.17, 15) is 8.78 Å². The molecule has 0 N–H and O–H groups in total. The van der Waals surface area contributed by atoms with Crippen molar-refractivity contribution >= 4 is 33.3 Å². The fourth-order valence-corrected chi connectivity index (χ4v) is 3.89. The molecule has 2 aromatic heterocycles. The number of halogens is 2. The number of fused-ring (bicyclic) bond motifs is 1. The largest absolute Gasteiger partial charge is 0.235 e. The molecule has 2 heterocycles. The first-order valence-electron chi connectivity index (χ1n) is 5.95. The van der Waals surface area contributed by atoms with Crippen LogP contribution in [0.2, 0.25) is 0 Å². The summed E-state index contributed by atoms with van der Waals surface area (Å²) in [5, 5.41) is 2.50. The van der Waals surface area contributed by atoms with Crippen molar-refractivity contribution in [2.45, 2.75) is 17.2 Å². The summed E-state index contributed by atoms with van der Waals surface area (Å²) < 4.78 is 28.0. The fourth-order valence-electron chi connectivity index (χ4n) is 1.91. The summed E-state index contributed by atoms with van der Waals surface area (Å²) in [6.07, 6.45) is 1.49. The quantitative estimate of drug-likeness (QED) is 0.512. The minimum atomic E-state index is -0.433. The van der Waals surface area contributed by atoms with Crippen molar-refractivity contribution in [2.75, 3.05) is 0 Å². The highest BCUT2D eigenvalue weighted by Crippen LogP contribution is 2.39. The van der Waals surface area contributed by atoms with Gasteiger partial charge < -0.3 is 0 Å². The molecule has 0 spiro atoms. The molecule has 3 rings (SSSR count). The van der Waals surface area contributed by atoms with Gasteiger partial charge in [0.15, 0.2) is 0 Å². The predicted molar refractivity (Wildman–Crippen MR) is 78.0 cm³/mol. The molecule has 1 aromatic carbocycles. The van der Waals surface area contributed by atoms with E-state index in [0.717, 1.165) is 27.4 Å². The molecule has 1 atom stereocenters. The highest BCUT2D eigenvalue weighted by atomic mass is 32.2. The molecule has 3 aromatic rings. The second-order valence-corrected chi connectivity index (χ2v) is 6.49. The van der Waals surface area contributed by atoms with E-state index in [1.54, 1.807) is 11.3 Å². The molecule has 0 bridgehead atoms. The fraction of sp³-hybridized carbons (Fsp3) is 0.143. The molecule has 0 saturated heterocycles. The van der Waals surface area contributed by atoms with Crippen molar-refractivity contribution in [3.05, 3.63) is 53.2 Å². The third-order valence-corrected chi connectivity index (χ3v) is 5.07. The van der Waals surface area contributed by atoms with Crippen LogP contribution in [-0.2, 0) is 0 Å². The minimum Gasteiger partial charge on any atom is -0.235 e. The van der Waals surface area contributed by atoms with Gasteiger partial charge in [0, 0.05) is 10.8 Å². The lowest BCUT2D eigenvalue weighted by Gasteiger charge is -2.12. The monoisotopic (exact) mass is 308 g/mol. The van der Waals surface area contributed by atoms with Crippen LogP contribution in [0.3, 0.4) is 0 Å². The second kappa shape index (κ2) is 5.46. The van der Waals surface area contributed by atoms with Gasteiger partial charge in [0.1, 0.15) is 23.0 Å². The molecular weight excluding hydrogens is 298 g/mol. The predicted octanol–water partition coefficient (Wildman–Crippen LogP) is 4.82. The normalized spacial score (nSPS) is 12.8. The average Bonchev–Trinajstić information content (AvgIpc) is 2.91. The Morgan fingerprint density at radius 1 is 1.20 bits per heavy atom. The summed E-state index contributed by atoms with van der Waals surface area (Å²) in [4.78, 5) is 8.41. The minimum absolute atomic E-state index is 0.231. The first-order valence-corrected chi connectivity index (χ1v) is 7.71. The molecule has 0 saturated carbocycles. The van der Waals surface area contributed by atoms with Crippen LogP contribution in [0.25, 0.3) is 10.2 Å². The van der Waals surface area contributed by atoms with E-state index >= 15 is 0 Å². The van der Waals surface area contributed by atoms with Crippen LogP contribution in [-0.4, -0.2) is 9.97 Å². The lowest BCUT2D eigenvalue weighted by Crippen LogP contribution is -1.96. The summed E-state index contributed by atoms with van der Waals surface area (Å²) in [7, 11) is 0. The van der Waals surface area contributed by atoms with Gasteiger partial charge in [-0.1, -0.05) is 11.8 Å². The standard InChI is InChI=1S/C14H10F2N2S2/c1-8(10-6-9(15)2-3-11(10)16)20-14-13-12(4-5-19-13)17-7-18-14/h2-8H,1H3. The summed E-state index contributed by atoms with van der Waals surface area (Å²) in [6.45, 7) is 1.84. The zero-order valence-electron chi connectivity index (χ0n) is 10.5. The number of thiophene rings is 1. The number of hydrogen-bond donors (Lipinski definition) is 0. The van der Waals surface area contributed by atoms with Gasteiger partial charge in [0.05, 0.1) is 10.2 Å². The summed E-state index contributed by atoms with van der Waals surface area (Å²) in [5.41, 5.74) is 1.22. The molecule has 0 aliphatic carbocycles. The smallest absolute Gasteiger partial charge is 0.127 e. The Labute approximate surface area is 122 Å². The van der Waals surface area contributed by atoms with Crippen LogP contribution in [0, 0.1) is 11.6 Å². The Hall–Kier alpha value is -1.53. The zero-order valence-corrected chi connectivity index (χ0v) is 12.1. The molecule has 102 valence electrons. The molecule has 0 amide bonds. The van der Waals surface area contributed by atoms with Gasteiger partial charge >= 0.3 is 0 Å². The molecule has 2 nitrogen and oxygen atoms in total. The van der Waals surface area contributed by atoms with Crippen molar-refractivity contribution < 1.29 is 8.78 Å². The Bertz CT molecular complexity index is 758. The SMILES string of the molecule is CC(Sc1ncnc2ccsc12)c1cc(F)ccc1F. The summed E-state index contributed by atoms with van der Waals surface area (Å²) in [5.74, 6) is -0.833. The van der Waals surface area contributed by atoms with Gasteiger partial charge in [-0.2, -0.15) is 0 Å². The number of rotatable bonds is 3. The highest BCUT2D eigenvalue weighted by molar-refractivity contribution is 7.99. The second-order valence-electron chi connectivity index (χ2n) is 4.24. The summed E-state index contributed by atoms with van der Waals surface area (Å²) in [6, 6.07) is 5.43. The molecule has 0 radical (unpaired) electrons. The van der Waals surface area contributed by atoms with Gasteiger partial charge in [-0.3, -0.25) is 0 Å². The molecule has 0 fully saturated rings. The third-order valence-electron chi connectivity index (χ3n) is 2.89. The molecule has 20 heavy (non-hydrogen) atoms. The van der Waals surface area contributed by atoms with Crippen molar-refractivity contribution in [1.29, 1.82) is 0 Å². The van der Waals surface area contributed by atoms with Crippen molar-refractivity contribution in [1.82, 2.24) is 9.97 Å². The van der Waals surface area contributed by atoms with Gasteiger partial charge in [0.2, 0.25) is 0 Å². The van der Waals surface area contributed by atoms with Crippen molar-refractivity contribution in [2.24, 2.45) is 0 Å². The highest BCUT2D eigenvalue weighted by Gasteiger charge is 2.16. The van der Waals surface area contributed by atoms with Crippen molar-refractivity contribution in [3.8, 4) is 0 Å². The van der Waals surface area contributed by atoms with Crippen LogP contribution >= 0.6 is 23.1 Å². The molecular formula is C14H10F2N2S2. The van der Waals surface area contributed by atoms with Crippen LogP contribution < -0.4 is 0 Å². The van der Waals surface area contributed by atoms with Gasteiger partial charge in [0.25, 0.3) is 0 Å². The van der Waals surface area contributed by atoms with Crippen LogP contribution in [0.15, 0.2) is 41.0 Å². The number of benzene rings is 1. The van der Waals surface area contributed by atoms with E-state index in [4.69, 9.17) is 0 Å². The Morgan fingerprint density at radius 2 is 2.05 bits per heavy atom. The number of nitrogens with zero attached hydrogens (tertiary/aromatic N) is 2. The Balaban J connectivity index is 1.94. The van der Waals surface area contributed by atoms with E-state index < -0.39 is 11.6 Å². The van der Waals surface area contributed by atoms with E-state index in [1.807, 2.05) is 18.4 Å². The van der Waals surface area contributed by atoms with Crippen molar-refractivity contribution in [3.63, 3.8) is 0 Å². The van der Waals surface area contributed by atoms with E-state index in [2.05, 4.69) is 9.97 Å². The van der Waals surface area contributed by atoms with Crippen LogP contribution in [0.5, 0.6) is 0 Å². The average molecular weight is 308 g/mol. The van der Waals surface area contributed by atoms with Gasteiger partial charge in [-0.15, -0.1) is 11.3 Å². The number of thioether (sulfide) groups is 1. The van der Waals surface area contributed by atoms with Gasteiger partial charge in [-0.05, 0) is 36.6 Å². The molecule has 1 unspecified atom stereocenters. The number of aromatic nitrogens is 2. The number of hydrogen-bond acceptors (Lipinski definition) is 4. The molecule has 0 aliphatic heterocycles. The Morgan fingerprint density at radius 3 is 2.90 bits per heavy atom. The maximum atomic E-state index is 13.8. The maximum absolute atomic E-state index is 13.8. The zero-order chi connectivity index (χ0) is 14.1. The lowest BCUT2D eigenvalue weighted by molar-refractivity contribution is 0.586. The van der Waals surface area contributed by atoms with E-state index in [0.29, 0.717) is 5.56 Å². The topological polar surface area (TPSA) is 25.8 Å². The first-order chi connectivity index (χ1) is 9.65. The van der Waals surface area contributed by atoms with E-state index in [1.165, 1.54) is 24.2 Å². The van der Waals surface area contributed by atoms with Gasteiger partial charge in [-0.25, -0.2) is 18.7 Å². The lowest BCUT2D eigenvalue weighted by atomic mass is 10.1. The first kappa shape index (κ1) is 13.5. The third kappa shape index (κ3) is 2.53. The summed E-state index contributed by atoms with van der Waals surface area (Å²) >= 11 is 2.95.